The summed E-state index contributed by atoms with van der Waals surface area (Å²) in [5, 5.41) is 3.47. The van der Waals surface area contributed by atoms with Crippen LogP contribution in [-0.2, 0) is 0 Å². The number of H-pyrrole nitrogens is 1. The number of benzene rings is 1. The molecule has 0 radical (unpaired) electrons. The van der Waals surface area contributed by atoms with Crippen molar-refractivity contribution in [2.45, 2.75) is 6.04 Å². The largest absolute Gasteiger partial charge is 0.347 e. The maximum Gasteiger partial charge on any atom is 0.333 e. The van der Waals surface area contributed by atoms with Gasteiger partial charge < -0.3 is 10.2 Å². The van der Waals surface area contributed by atoms with Crippen LogP contribution in [0.15, 0.2) is 71.7 Å². The molecule has 0 amide bonds. The minimum atomic E-state index is -0.238. The third-order valence-electron chi connectivity index (χ3n) is 5.13. The van der Waals surface area contributed by atoms with Crippen LogP contribution in [0.5, 0.6) is 0 Å². The Hall–Kier alpha value is -3.45. The Labute approximate surface area is 161 Å². The first-order chi connectivity index (χ1) is 13.8. The highest BCUT2D eigenvalue weighted by Gasteiger charge is 2.25. The highest BCUT2D eigenvalue weighted by atomic mass is 16.1. The van der Waals surface area contributed by atoms with Crippen LogP contribution in [0.1, 0.15) is 11.6 Å². The van der Waals surface area contributed by atoms with Crippen LogP contribution in [0.3, 0.4) is 0 Å². The number of aromatic amines is 1. The minimum absolute atomic E-state index is 0.194. The molecule has 1 aliphatic rings. The number of aromatic nitrogens is 4. The molecule has 5 rings (SSSR count). The SMILES string of the molecule is O=c1[nH]c2ncccc2n1-c1cccc(N2CCNCC2c2ccccc2)n1. The van der Waals surface area contributed by atoms with Gasteiger partial charge in [0.15, 0.2) is 5.65 Å². The van der Waals surface area contributed by atoms with Gasteiger partial charge in [-0.2, -0.15) is 0 Å². The van der Waals surface area contributed by atoms with E-state index in [1.54, 1.807) is 10.8 Å². The van der Waals surface area contributed by atoms with Crippen LogP contribution in [-0.4, -0.2) is 39.2 Å². The quantitative estimate of drug-likeness (QED) is 0.577. The fourth-order valence-corrected chi connectivity index (χ4v) is 3.82. The van der Waals surface area contributed by atoms with E-state index in [0.29, 0.717) is 11.5 Å². The monoisotopic (exact) mass is 372 g/mol. The van der Waals surface area contributed by atoms with E-state index in [0.717, 1.165) is 31.0 Å². The predicted octanol–water partition coefficient (Wildman–Crippen LogP) is 2.26. The number of nitrogens with one attached hydrogen (secondary N) is 2. The molecule has 0 spiro atoms. The summed E-state index contributed by atoms with van der Waals surface area (Å²) in [5.74, 6) is 1.45. The smallest absolute Gasteiger partial charge is 0.333 e. The van der Waals surface area contributed by atoms with Crippen LogP contribution in [0, 0.1) is 0 Å². The Morgan fingerprint density at radius 2 is 1.82 bits per heavy atom. The van der Waals surface area contributed by atoms with E-state index < -0.39 is 0 Å². The van der Waals surface area contributed by atoms with Gasteiger partial charge in [-0.1, -0.05) is 36.4 Å². The Morgan fingerprint density at radius 1 is 0.964 bits per heavy atom. The number of piperazine rings is 1. The lowest BCUT2D eigenvalue weighted by atomic mass is 10.0. The average Bonchev–Trinajstić information content (AvgIpc) is 3.10. The number of fused-ring (bicyclic) bond motifs is 1. The molecular weight excluding hydrogens is 352 g/mol. The summed E-state index contributed by atoms with van der Waals surface area (Å²) in [7, 11) is 0. The lowest BCUT2D eigenvalue weighted by molar-refractivity contribution is 0.486. The molecule has 4 aromatic rings. The summed E-state index contributed by atoms with van der Waals surface area (Å²) in [6.45, 7) is 2.60. The molecule has 1 fully saturated rings. The highest BCUT2D eigenvalue weighted by molar-refractivity contribution is 5.72. The van der Waals surface area contributed by atoms with E-state index in [4.69, 9.17) is 4.98 Å². The molecule has 0 saturated carbocycles. The van der Waals surface area contributed by atoms with Crippen LogP contribution in [0.4, 0.5) is 5.82 Å². The van der Waals surface area contributed by atoms with Gasteiger partial charge >= 0.3 is 5.69 Å². The Bertz CT molecular complexity index is 1170. The molecule has 4 heterocycles. The molecule has 0 bridgehead atoms. The molecule has 7 heteroatoms. The molecule has 28 heavy (non-hydrogen) atoms. The number of rotatable bonds is 3. The zero-order valence-corrected chi connectivity index (χ0v) is 15.2. The summed E-state index contributed by atoms with van der Waals surface area (Å²) in [6.07, 6.45) is 1.66. The van der Waals surface area contributed by atoms with Crippen LogP contribution < -0.4 is 15.9 Å². The second kappa shape index (κ2) is 6.94. The van der Waals surface area contributed by atoms with Crippen molar-refractivity contribution in [3.8, 4) is 5.82 Å². The second-order valence-electron chi connectivity index (χ2n) is 6.81. The Kier molecular flexibility index (Phi) is 4.14. The molecule has 140 valence electrons. The number of hydrogen-bond acceptors (Lipinski definition) is 5. The molecule has 2 N–H and O–H groups in total. The molecule has 1 unspecified atom stereocenters. The van der Waals surface area contributed by atoms with E-state index in [1.165, 1.54) is 5.56 Å². The topological polar surface area (TPSA) is 78.8 Å². The third kappa shape index (κ3) is 2.86. The van der Waals surface area contributed by atoms with Crippen LogP contribution in [0.2, 0.25) is 0 Å². The molecule has 1 aliphatic heterocycles. The van der Waals surface area contributed by atoms with Crippen LogP contribution >= 0.6 is 0 Å². The summed E-state index contributed by atoms with van der Waals surface area (Å²) in [5.41, 5.74) is 2.29. The fourth-order valence-electron chi connectivity index (χ4n) is 3.82. The van der Waals surface area contributed by atoms with Gasteiger partial charge in [0.1, 0.15) is 11.6 Å². The van der Waals surface area contributed by atoms with Gasteiger partial charge in [-0.15, -0.1) is 0 Å². The zero-order valence-electron chi connectivity index (χ0n) is 15.2. The number of anilines is 1. The summed E-state index contributed by atoms with van der Waals surface area (Å²) in [4.78, 5) is 26.7. The highest BCUT2D eigenvalue weighted by Crippen LogP contribution is 2.27. The van der Waals surface area contributed by atoms with Crippen molar-refractivity contribution in [2.75, 3.05) is 24.5 Å². The number of pyridine rings is 2. The van der Waals surface area contributed by atoms with Gasteiger partial charge in [-0.25, -0.2) is 19.3 Å². The average molecular weight is 372 g/mol. The number of imidazole rings is 1. The van der Waals surface area contributed by atoms with Gasteiger partial charge in [-0.05, 0) is 29.8 Å². The van der Waals surface area contributed by atoms with Crippen molar-refractivity contribution in [2.24, 2.45) is 0 Å². The second-order valence-corrected chi connectivity index (χ2v) is 6.81. The third-order valence-corrected chi connectivity index (χ3v) is 5.13. The number of hydrogen-bond donors (Lipinski definition) is 2. The van der Waals surface area contributed by atoms with Crippen LogP contribution in [0.25, 0.3) is 17.0 Å². The maximum absolute atomic E-state index is 12.5. The normalized spacial score (nSPS) is 17.1. The Balaban J connectivity index is 1.58. The molecule has 0 aliphatic carbocycles. The summed E-state index contributed by atoms with van der Waals surface area (Å²) >= 11 is 0. The van der Waals surface area contributed by atoms with Gasteiger partial charge in [0, 0.05) is 25.8 Å². The molecular formula is C21H20N6O. The molecule has 3 aromatic heterocycles. The summed E-state index contributed by atoms with van der Waals surface area (Å²) < 4.78 is 1.57. The first kappa shape index (κ1) is 16.7. The lowest BCUT2D eigenvalue weighted by Gasteiger charge is -2.37. The van der Waals surface area contributed by atoms with Gasteiger partial charge in [-0.3, -0.25) is 4.98 Å². The zero-order chi connectivity index (χ0) is 18.9. The van der Waals surface area contributed by atoms with Crippen molar-refractivity contribution < 1.29 is 0 Å². The van der Waals surface area contributed by atoms with Gasteiger partial charge in [0.05, 0.1) is 11.6 Å². The predicted molar refractivity (Wildman–Crippen MR) is 109 cm³/mol. The fraction of sp³-hybridized carbons (Fsp3) is 0.190. The molecule has 1 atom stereocenters. The van der Waals surface area contributed by atoms with Crippen molar-refractivity contribution in [1.82, 2.24) is 24.8 Å². The van der Waals surface area contributed by atoms with E-state index in [-0.39, 0.29) is 11.7 Å². The lowest BCUT2D eigenvalue weighted by Crippen LogP contribution is -2.46. The van der Waals surface area contributed by atoms with Gasteiger partial charge in [0.2, 0.25) is 0 Å². The molecule has 1 aromatic carbocycles. The Morgan fingerprint density at radius 3 is 2.71 bits per heavy atom. The van der Waals surface area contributed by atoms with Crippen molar-refractivity contribution in [3.63, 3.8) is 0 Å². The van der Waals surface area contributed by atoms with Crippen molar-refractivity contribution in [3.05, 3.63) is 82.9 Å². The van der Waals surface area contributed by atoms with Crippen molar-refractivity contribution in [1.29, 1.82) is 0 Å². The first-order valence-corrected chi connectivity index (χ1v) is 9.37. The summed E-state index contributed by atoms with van der Waals surface area (Å²) in [6, 6.07) is 20.1. The number of nitrogens with zero attached hydrogens (tertiary/aromatic N) is 4. The van der Waals surface area contributed by atoms with Crippen molar-refractivity contribution >= 4 is 17.0 Å². The molecule has 1 saturated heterocycles. The van der Waals surface area contributed by atoms with E-state index >= 15 is 0 Å². The first-order valence-electron chi connectivity index (χ1n) is 9.37. The van der Waals surface area contributed by atoms with E-state index in [1.807, 2.05) is 36.4 Å². The minimum Gasteiger partial charge on any atom is -0.347 e. The van der Waals surface area contributed by atoms with E-state index in [9.17, 15) is 4.79 Å². The van der Waals surface area contributed by atoms with E-state index in [2.05, 4.69) is 44.5 Å². The molecule has 7 nitrogen and oxygen atoms in total. The maximum atomic E-state index is 12.5. The van der Waals surface area contributed by atoms with Gasteiger partial charge in [0.25, 0.3) is 0 Å². The standard InChI is InChI=1S/C21H20N6O/c28-21-25-20-16(8-5-11-23-20)27(21)19-10-4-9-18(24-19)26-13-12-22-14-17(26)15-6-2-1-3-7-15/h1-11,17,22H,12-14H2,(H,23,25,28).